The minimum atomic E-state index is -0.415. The lowest BCUT2D eigenvalue weighted by molar-refractivity contribution is 0.669. The molecule has 0 bridgehead atoms. The van der Waals surface area contributed by atoms with Crippen molar-refractivity contribution in [2.75, 3.05) is 0 Å². The number of para-hydroxylation sites is 1. The minimum absolute atomic E-state index is 0.0238. The molecule has 0 saturated carbocycles. The third-order valence-corrected chi connectivity index (χ3v) is 7.38. The van der Waals surface area contributed by atoms with E-state index in [0.717, 1.165) is 43.8 Å². The van der Waals surface area contributed by atoms with Gasteiger partial charge in [-0.3, -0.25) is 0 Å². The Labute approximate surface area is 235 Å². The first-order valence-electron chi connectivity index (χ1n) is 15.9. The smallest absolute Gasteiger partial charge is 0.136 e. The summed E-state index contributed by atoms with van der Waals surface area (Å²) in [6.07, 6.45) is 0. The first-order chi connectivity index (χ1) is 21.9. The Bertz CT molecular complexity index is 2430. The van der Waals surface area contributed by atoms with Gasteiger partial charge < -0.3 is 4.42 Å². The maximum atomic E-state index is 9.72. The Morgan fingerprint density at radius 1 is 0.410 bits per heavy atom. The van der Waals surface area contributed by atoms with Crippen molar-refractivity contribution in [1.82, 2.24) is 0 Å². The summed E-state index contributed by atoms with van der Waals surface area (Å²) in [5.41, 5.74) is 4.70. The lowest BCUT2D eigenvalue weighted by Gasteiger charge is -2.19. The van der Waals surface area contributed by atoms with Gasteiger partial charge in [-0.2, -0.15) is 0 Å². The van der Waals surface area contributed by atoms with Crippen molar-refractivity contribution < 1.29 is 12.6 Å². The van der Waals surface area contributed by atoms with Crippen molar-refractivity contribution in [3.63, 3.8) is 0 Å². The average molecular weight is 503 g/mol. The van der Waals surface area contributed by atoms with Crippen molar-refractivity contribution >= 4 is 43.5 Å². The zero-order valence-corrected chi connectivity index (χ0v) is 20.8. The molecule has 39 heavy (non-hydrogen) atoms. The Kier molecular flexibility index (Phi) is 3.72. The molecule has 1 aromatic heterocycles. The van der Waals surface area contributed by atoms with E-state index in [1.807, 2.05) is 84.9 Å². The zero-order chi connectivity index (χ0) is 31.0. The molecule has 0 unspecified atom stereocenters. The lowest BCUT2D eigenvalue weighted by Crippen LogP contribution is -1.93. The van der Waals surface area contributed by atoms with Crippen LogP contribution in [0.2, 0.25) is 0 Å². The summed E-state index contributed by atoms with van der Waals surface area (Å²) in [7, 11) is 0. The molecule has 0 aliphatic carbocycles. The van der Waals surface area contributed by atoms with Gasteiger partial charge in [-0.25, -0.2) is 0 Å². The van der Waals surface area contributed by atoms with E-state index in [-0.39, 0.29) is 46.1 Å². The normalized spacial score (nSPS) is 13.7. The highest BCUT2D eigenvalue weighted by Crippen LogP contribution is 2.47. The number of hydrogen-bond acceptors (Lipinski definition) is 1. The summed E-state index contributed by atoms with van der Waals surface area (Å²) in [6, 6.07) is 34.6. The summed E-state index contributed by atoms with van der Waals surface area (Å²) in [4.78, 5) is 0. The predicted octanol–water partition coefficient (Wildman–Crippen LogP) is 10.9. The van der Waals surface area contributed by atoms with Crippen LogP contribution in [0.4, 0.5) is 0 Å². The second-order valence-corrected chi connectivity index (χ2v) is 9.58. The second-order valence-electron chi connectivity index (χ2n) is 9.58. The van der Waals surface area contributed by atoms with E-state index < -0.39 is 12.1 Å². The van der Waals surface area contributed by atoms with Gasteiger partial charge in [-0.15, -0.1) is 0 Å². The predicted molar refractivity (Wildman–Crippen MR) is 165 cm³/mol. The van der Waals surface area contributed by atoms with Crippen LogP contribution in [0.1, 0.15) is 8.22 Å². The summed E-state index contributed by atoms with van der Waals surface area (Å²) in [6.45, 7) is 0. The maximum absolute atomic E-state index is 9.72. The van der Waals surface area contributed by atoms with Crippen LogP contribution in [0.5, 0.6) is 0 Å². The Morgan fingerprint density at radius 3 is 1.59 bits per heavy atom. The number of furan rings is 1. The lowest BCUT2D eigenvalue weighted by atomic mass is 9.83. The minimum Gasteiger partial charge on any atom is -0.456 e. The zero-order valence-electron chi connectivity index (χ0n) is 26.8. The fourth-order valence-electron chi connectivity index (χ4n) is 5.71. The molecule has 0 N–H and O–H groups in total. The molecule has 7 aromatic carbocycles. The molecule has 0 amide bonds. The van der Waals surface area contributed by atoms with Crippen LogP contribution < -0.4 is 0 Å². The first-order valence-corrected chi connectivity index (χ1v) is 12.9. The van der Waals surface area contributed by atoms with Crippen molar-refractivity contribution in [3.05, 3.63) is 145 Å². The van der Waals surface area contributed by atoms with E-state index in [2.05, 4.69) is 24.3 Å². The van der Waals surface area contributed by atoms with Crippen molar-refractivity contribution in [2.45, 2.75) is 0 Å². The van der Waals surface area contributed by atoms with Gasteiger partial charge in [-0.05, 0) is 73.1 Å². The van der Waals surface area contributed by atoms with Gasteiger partial charge in [0.2, 0.25) is 0 Å². The molecule has 8 aromatic rings. The maximum Gasteiger partial charge on any atom is 0.136 e. The molecule has 182 valence electrons. The van der Waals surface area contributed by atoms with Gasteiger partial charge in [0.25, 0.3) is 0 Å². The highest BCUT2D eigenvalue weighted by atomic mass is 16.3. The summed E-state index contributed by atoms with van der Waals surface area (Å²) in [5, 5.41) is 4.17. The summed E-state index contributed by atoms with van der Waals surface area (Å²) < 4.78 is 59.3. The fourth-order valence-corrected chi connectivity index (χ4v) is 5.71. The third kappa shape index (κ3) is 3.41. The third-order valence-electron chi connectivity index (χ3n) is 7.38. The van der Waals surface area contributed by atoms with Crippen LogP contribution >= 0.6 is 0 Å². The molecule has 1 heterocycles. The van der Waals surface area contributed by atoms with Crippen molar-refractivity contribution in [3.8, 4) is 33.4 Å². The van der Waals surface area contributed by atoms with Crippen LogP contribution in [0, 0.1) is 0 Å². The second kappa shape index (κ2) is 8.72. The molecule has 0 spiro atoms. The Balaban J connectivity index is 1.64. The highest BCUT2D eigenvalue weighted by Gasteiger charge is 2.20. The fraction of sp³-hybridized carbons (Fsp3) is 0. The van der Waals surface area contributed by atoms with Gasteiger partial charge >= 0.3 is 0 Å². The van der Waals surface area contributed by atoms with Crippen LogP contribution in [-0.4, -0.2) is 0 Å². The molecular formula is C38H24O. The summed E-state index contributed by atoms with van der Waals surface area (Å²) >= 11 is 0. The molecule has 1 nitrogen and oxygen atoms in total. The Morgan fingerprint density at radius 2 is 0.949 bits per heavy atom. The number of fused-ring (bicyclic) bond motifs is 5. The standard InChI is InChI=1S/C38H24O/c1-3-13-25(14-4-1)32-23-33-27-17-11-12-22-35(27)39-36(33)24-34(32)38-30-20-9-7-18-28(30)37(26-15-5-2-6-16-26)29-19-8-10-21-31(29)38/h1-24H/i11D,12D,17D,22D,23D,24D. The first kappa shape index (κ1) is 16.7. The molecule has 0 aliphatic heterocycles. The molecule has 1 heteroatoms. The highest BCUT2D eigenvalue weighted by molar-refractivity contribution is 6.23. The topological polar surface area (TPSA) is 13.1 Å². The summed E-state index contributed by atoms with van der Waals surface area (Å²) in [5.74, 6) is 0. The Hall–Kier alpha value is -5.14. The molecule has 0 radical (unpaired) electrons. The van der Waals surface area contributed by atoms with E-state index in [9.17, 15) is 2.74 Å². The molecule has 0 atom stereocenters. The number of hydrogen-bond donors (Lipinski definition) is 0. The van der Waals surface area contributed by atoms with Crippen LogP contribution in [0.3, 0.4) is 0 Å². The van der Waals surface area contributed by atoms with E-state index >= 15 is 0 Å². The van der Waals surface area contributed by atoms with E-state index in [1.165, 1.54) is 0 Å². The van der Waals surface area contributed by atoms with Gasteiger partial charge in [0.1, 0.15) is 11.2 Å². The average Bonchev–Trinajstić information content (AvgIpc) is 3.49. The van der Waals surface area contributed by atoms with Gasteiger partial charge in [0.05, 0.1) is 8.22 Å². The van der Waals surface area contributed by atoms with E-state index in [0.29, 0.717) is 11.1 Å². The molecule has 0 aliphatic rings. The molecule has 0 saturated heterocycles. The molecule has 8 rings (SSSR count). The van der Waals surface area contributed by atoms with Crippen molar-refractivity contribution in [1.29, 1.82) is 0 Å². The van der Waals surface area contributed by atoms with Crippen LogP contribution in [0.15, 0.2) is 150 Å². The SMILES string of the molecule is [2H]c1c([2H])c([2H])c2c(oc3c([2H])c(-c4c5ccccc5c(-c5ccccc5)c5ccccc45)c(-c4ccccc4)c([2H])c32)c1[2H]. The van der Waals surface area contributed by atoms with Gasteiger partial charge in [0, 0.05) is 10.8 Å². The van der Waals surface area contributed by atoms with Crippen molar-refractivity contribution in [2.24, 2.45) is 0 Å². The van der Waals surface area contributed by atoms with Crippen LogP contribution in [0.25, 0.3) is 76.9 Å². The van der Waals surface area contributed by atoms with E-state index in [1.54, 1.807) is 0 Å². The number of rotatable bonds is 3. The van der Waals surface area contributed by atoms with E-state index in [4.69, 9.17) is 9.90 Å². The van der Waals surface area contributed by atoms with Gasteiger partial charge in [0.15, 0.2) is 0 Å². The van der Waals surface area contributed by atoms with Gasteiger partial charge in [-0.1, -0.05) is 127 Å². The number of benzene rings is 7. The molecule has 0 fully saturated rings. The molecular weight excluding hydrogens is 472 g/mol. The largest absolute Gasteiger partial charge is 0.456 e. The van der Waals surface area contributed by atoms with Crippen LogP contribution in [-0.2, 0) is 0 Å². The monoisotopic (exact) mass is 502 g/mol. The quantitative estimate of drug-likeness (QED) is 0.219.